The summed E-state index contributed by atoms with van der Waals surface area (Å²) >= 11 is 0. The number of nitrogens with zero attached hydrogens (tertiary/aromatic N) is 3. The highest BCUT2D eigenvalue weighted by molar-refractivity contribution is 6.04. The van der Waals surface area contributed by atoms with Crippen LogP contribution in [0.15, 0.2) is 54.6 Å². The zero-order valence-electron chi connectivity index (χ0n) is 17.9. The summed E-state index contributed by atoms with van der Waals surface area (Å²) in [5.41, 5.74) is 5.40. The van der Waals surface area contributed by atoms with E-state index in [0.29, 0.717) is 5.56 Å². The van der Waals surface area contributed by atoms with E-state index in [0.717, 1.165) is 52.9 Å². The minimum Gasteiger partial charge on any atom is -0.355 e. The summed E-state index contributed by atoms with van der Waals surface area (Å²) in [6.45, 7) is 8.39. The number of anilines is 2. The topological polar surface area (TPSA) is 58.1 Å². The Morgan fingerprint density at radius 1 is 0.933 bits per heavy atom. The Hall–Kier alpha value is -3.21. The van der Waals surface area contributed by atoms with E-state index >= 15 is 0 Å². The first-order valence-corrected chi connectivity index (χ1v) is 10.6. The van der Waals surface area contributed by atoms with Crippen LogP contribution in [0.1, 0.15) is 41.3 Å². The van der Waals surface area contributed by atoms with Crippen LogP contribution in [0.25, 0.3) is 11.3 Å². The Labute approximate surface area is 178 Å². The number of aryl methyl sites for hydroxylation is 2. The first-order valence-electron chi connectivity index (χ1n) is 10.6. The van der Waals surface area contributed by atoms with Crippen molar-refractivity contribution in [1.82, 2.24) is 10.2 Å². The van der Waals surface area contributed by atoms with Crippen molar-refractivity contribution in [2.24, 2.45) is 5.92 Å². The molecule has 0 spiro atoms. The maximum atomic E-state index is 12.5. The Morgan fingerprint density at radius 3 is 2.20 bits per heavy atom. The van der Waals surface area contributed by atoms with Crippen LogP contribution in [0, 0.1) is 19.8 Å². The number of hydrogen-bond acceptors (Lipinski definition) is 4. The normalized spacial score (nSPS) is 14.6. The molecule has 1 aliphatic rings. The van der Waals surface area contributed by atoms with Crippen LogP contribution in [0.2, 0.25) is 0 Å². The lowest BCUT2D eigenvalue weighted by molar-refractivity contribution is 0.102. The Kier molecular flexibility index (Phi) is 5.79. The molecule has 4 rings (SSSR count). The van der Waals surface area contributed by atoms with Gasteiger partial charge in [0.05, 0.1) is 5.69 Å². The summed E-state index contributed by atoms with van der Waals surface area (Å²) in [5, 5.41) is 11.8. The molecule has 0 atom stereocenters. The number of benzene rings is 2. The number of amides is 1. The summed E-state index contributed by atoms with van der Waals surface area (Å²) in [4.78, 5) is 14.9. The molecule has 154 valence electrons. The van der Waals surface area contributed by atoms with Crippen molar-refractivity contribution in [2.45, 2.75) is 33.6 Å². The minimum absolute atomic E-state index is 0.102. The van der Waals surface area contributed by atoms with Crippen LogP contribution >= 0.6 is 0 Å². The lowest BCUT2D eigenvalue weighted by Gasteiger charge is -2.30. The molecule has 1 saturated heterocycles. The smallest absolute Gasteiger partial charge is 0.255 e. The zero-order valence-corrected chi connectivity index (χ0v) is 17.9. The van der Waals surface area contributed by atoms with E-state index in [1.807, 2.05) is 62.4 Å². The fourth-order valence-corrected chi connectivity index (χ4v) is 3.92. The second-order valence-corrected chi connectivity index (χ2v) is 8.35. The molecule has 1 aliphatic heterocycles. The number of piperidine rings is 1. The van der Waals surface area contributed by atoms with Crippen LogP contribution in [0.5, 0.6) is 0 Å². The van der Waals surface area contributed by atoms with Gasteiger partial charge in [-0.1, -0.05) is 36.2 Å². The molecule has 1 fully saturated rings. The van der Waals surface area contributed by atoms with Crippen molar-refractivity contribution >= 4 is 17.4 Å². The lowest BCUT2D eigenvalue weighted by Crippen LogP contribution is -2.33. The van der Waals surface area contributed by atoms with Gasteiger partial charge in [0, 0.05) is 29.9 Å². The number of carbonyl (C=O) groups excluding carboxylic acids is 1. The second kappa shape index (κ2) is 8.66. The SMILES string of the molecule is Cc1cc(C)cc(C(=O)Nc2ccc(-c3ccc(N4CCC(C)CC4)nn3)cc2)c1. The second-order valence-electron chi connectivity index (χ2n) is 8.35. The molecule has 0 bridgehead atoms. The molecular weight excluding hydrogens is 372 g/mol. The van der Waals surface area contributed by atoms with Gasteiger partial charge in [-0.3, -0.25) is 4.79 Å². The highest BCUT2D eigenvalue weighted by atomic mass is 16.1. The quantitative estimate of drug-likeness (QED) is 0.650. The number of aromatic nitrogens is 2. The van der Waals surface area contributed by atoms with Crippen molar-refractivity contribution in [1.29, 1.82) is 0 Å². The molecule has 2 heterocycles. The standard InChI is InChI=1S/C25H28N4O/c1-17-10-12-29(13-11-17)24-9-8-23(27-28-24)20-4-6-22(7-5-20)26-25(30)21-15-18(2)14-19(3)16-21/h4-9,14-17H,10-13H2,1-3H3,(H,26,30). The number of hydrogen-bond donors (Lipinski definition) is 1. The molecule has 0 aliphatic carbocycles. The monoisotopic (exact) mass is 400 g/mol. The van der Waals surface area contributed by atoms with Gasteiger partial charge in [0.15, 0.2) is 5.82 Å². The number of carbonyl (C=O) groups is 1. The molecule has 0 unspecified atom stereocenters. The summed E-state index contributed by atoms with van der Waals surface area (Å²) in [6.07, 6.45) is 2.41. The molecule has 0 saturated carbocycles. The molecule has 0 radical (unpaired) electrons. The van der Waals surface area contributed by atoms with Crippen molar-refractivity contribution in [2.75, 3.05) is 23.3 Å². The average Bonchev–Trinajstić information content (AvgIpc) is 2.74. The Morgan fingerprint density at radius 2 is 1.60 bits per heavy atom. The van der Waals surface area contributed by atoms with Gasteiger partial charge in [-0.2, -0.15) is 0 Å². The van der Waals surface area contributed by atoms with Gasteiger partial charge in [0.1, 0.15) is 0 Å². The first kappa shape index (κ1) is 20.1. The minimum atomic E-state index is -0.102. The zero-order chi connectivity index (χ0) is 21.1. The van der Waals surface area contributed by atoms with Crippen LogP contribution in [0.4, 0.5) is 11.5 Å². The van der Waals surface area contributed by atoms with Crippen molar-refractivity contribution in [3.05, 3.63) is 71.3 Å². The largest absolute Gasteiger partial charge is 0.355 e. The van der Waals surface area contributed by atoms with Crippen LogP contribution in [-0.4, -0.2) is 29.2 Å². The summed E-state index contributed by atoms with van der Waals surface area (Å²) in [6, 6.07) is 17.6. The number of nitrogens with one attached hydrogen (secondary N) is 1. The predicted octanol–water partition coefficient (Wildman–Crippen LogP) is 5.25. The lowest BCUT2D eigenvalue weighted by atomic mass is 9.99. The third kappa shape index (κ3) is 4.67. The van der Waals surface area contributed by atoms with Gasteiger partial charge in [-0.05, 0) is 69.0 Å². The van der Waals surface area contributed by atoms with Crippen molar-refractivity contribution in [3.63, 3.8) is 0 Å². The van der Waals surface area contributed by atoms with E-state index in [1.165, 1.54) is 12.8 Å². The van der Waals surface area contributed by atoms with Crippen molar-refractivity contribution < 1.29 is 4.79 Å². The van der Waals surface area contributed by atoms with Gasteiger partial charge in [0.25, 0.3) is 5.91 Å². The van der Waals surface area contributed by atoms with E-state index in [2.05, 4.69) is 33.4 Å². The molecule has 5 heteroatoms. The van der Waals surface area contributed by atoms with E-state index < -0.39 is 0 Å². The molecule has 30 heavy (non-hydrogen) atoms. The summed E-state index contributed by atoms with van der Waals surface area (Å²) in [5.74, 6) is 1.64. The molecule has 5 nitrogen and oxygen atoms in total. The average molecular weight is 401 g/mol. The van der Waals surface area contributed by atoms with Crippen molar-refractivity contribution in [3.8, 4) is 11.3 Å². The fourth-order valence-electron chi connectivity index (χ4n) is 3.92. The van der Waals surface area contributed by atoms with Crippen LogP contribution < -0.4 is 10.2 Å². The van der Waals surface area contributed by atoms with Gasteiger partial charge in [-0.25, -0.2) is 0 Å². The maximum Gasteiger partial charge on any atom is 0.255 e. The maximum absolute atomic E-state index is 12.5. The molecular formula is C25H28N4O. The van der Waals surface area contributed by atoms with Gasteiger partial charge in [0.2, 0.25) is 0 Å². The molecule has 1 amide bonds. The highest BCUT2D eigenvalue weighted by Crippen LogP contribution is 2.24. The fraction of sp³-hybridized carbons (Fsp3) is 0.320. The van der Waals surface area contributed by atoms with E-state index in [9.17, 15) is 4.79 Å². The third-order valence-corrected chi connectivity index (χ3v) is 5.68. The van der Waals surface area contributed by atoms with Crippen LogP contribution in [-0.2, 0) is 0 Å². The van der Waals surface area contributed by atoms with Gasteiger partial charge in [-0.15, -0.1) is 10.2 Å². The highest BCUT2D eigenvalue weighted by Gasteiger charge is 2.17. The number of rotatable bonds is 4. The molecule has 3 aromatic rings. The third-order valence-electron chi connectivity index (χ3n) is 5.68. The van der Waals surface area contributed by atoms with E-state index in [1.54, 1.807) is 0 Å². The first-order chi connectivity index (χ1) is 14.5. The predicted molar refractivity (Wildman–Crippen MR) is 122 cm³/mol. The Balaban J connectivity index is 1.42. The molecule has 2 aromatic carbocycles. The van der Waals surface area contributed by atoms with Gasteiger partial charge < -0.3 is 10.2 Å². The Bertz CT molecular complexity index is 1000. The van der Waals surface area contributed by atoms with E-state index in [-0.39, 0.29) is 5.91 Å². The van der Waals surface area contributed by atoms with E-state index in [4.69, 9.17) is 0 Å². The summed E-state index contributed by atoms with van der Waals surface area (Å²) in [7, 11) is 0. The molecule has 1 aromatic heterocycles. The van der Waals surface area contributed by atoms with Gasteiger partial charge >= 0.3 is 0 Å². The van der Waals surface area contributed by atoms with Crippen LogP contribution in [0.3, 0.4) is 0 Å². The molecule has 1 N–H and O–H groups in total. The summed E-state index contributed by atoms with van der Waals surface area (Å²) < 4.78 is 0.